The number of hydrogen-bond donors (Lipinski definition) is 2. The second kappa shape index (κ2) is 9.38. The molecule has 1 fully saturated rings. The van der Waals surface area contributed by atoms with Gasteiger partial charge in [0.15, 0.2) is 5.82 Å². The minimum Gasteiger partial charge on any atom is -0.369 e. The summed E-state index contributed by atoms with van der Waals surface area (Å²) in [6.45, 7) is 6.76. The molecule has 3 N–H and O–H groups in total. The van der Waals surface area contributed by atoms with Crippen LogP contribution in [0, 0.1) is 12.7 Å². The third kappa shape index (κ3) is 4.69. The van der Waals surface area contributed by atoms with Crippen molar-refractivity contribution in [1.29, 1.82) is 0 Å². The number of fused-ring (bicyclic) bond motifs is 2. The van der Waals surface area contributed by atoms with Crippen LogP contribution in [-0.4, -0.2) is 63.5 Å². The van der Waals surface area contributed by atoms with E-state index in [4.69, 9.17) is 10.7 Å². The predicted octanol–water partition coefficient (Wildman–Crippen LogP) is 2.80. The molecule has 10 heteroatoms. The number of pyridine rings is 2. The van der Waals surface area contributed by atoms with Crippen molar-refractivity contribution in [3.05, 3.63) is 59.8 Å². The van der Waals surface area contributed by atoms with Gasteiger partial charge in [0.05, 0.1) is 23.6 Å². The van der Waals surface area contributed by atoms with E-state index >= 15 is 0 Å². The number of primary amides is 1. The lowest BCUT2D eigenvalue weighted by atomic mass is 10.0. The molecule has 3 aromatic heterocycles. The van der Waals surface area contributed by atoms with Crippen LogP contribution in [0.25, 0.3) is 21.9 Å². The van der Waals surface area contributed by atoms with E-state index in [-0.39, 0.29) is 24.3 Å². The molecule has 1 atom stereocenters. The Hall–Kier alpha value is -3.92. The molecular weight excluding hydrogens is 447 g/mol. The van der Waals surface area contributed by atoms with E-state index in [0.717, 1.165) is 22.3 Å². The highest BCUT2D eigenvalue weighted by molar-refractivity contribution is 5.86. The lowest BCUT2D eigenvalue weighted by Crippen LogP contribution is -2.49. The number of carbonyl (C=O) groups excluding carboxylic acids is 1. The zero-order chi connectivity index (χ0) is 24.5. The van der Waals surface area contributed by atoms with Crippen molar-refractivity contribution in [2.75, 3.05) is 42.9 Å². The molecule has 1 aliphatic rings. The number of carbonyl (C=O) groups is 1. The van der Waals surface area contributed by atoms with Gasteiger partial charge in [-0.15, -0.1) is 0 Å². The molecule has 0 unspecified atom stereocenters. The first-order chi connectivity index (χ1) is 16.9. The first kappa shape index (κ1) is 22.9. The summed E-state index contributed by atoms with van der Waals surface area (Å²) in [5.41, 5.74) is 8.96. The standard InChI is InChI=1S/C25H27FN8O/c1-15-10-17-11-18(16(2)31-24-23-20(29-14-30-24)4-3-5-28-23)25(32-21(17)12-19(15)26)34-8-6-33(7-9-34)13-22(27)35/h3-5,10-12,14,16H,6-9,13H2,1-2H3,(H2,27,35)(H,29,30,31)/t16-/m0/s1. The Balaban J connectivity index is 1.52. The van der Waals surface area contributed by atoms with Gasteiger partial charge in [0.25, 0.3) is 0 Å². The zero-order valence-electron chi connectivity index (χ0n) is 19.7. The summed E-state index contributed by atoms with van der Waals surface area (Å²) >= 11 is 0. The molecule has 1 amide bonds. The smallest absolute Gasteiger partial charge is 0.231 e. The van der Waals surface area contributed by atoms with E-state index in [0.29, 0.717) is 48.6 Å². The van der Waals surface area contributed by atoms with E-state index in [2.05, 4.69) is 31.2 Å². The molecular formula is C25H27FN8O. The van der Waals surface area contributed by atoms with Gasteiger partial charge in [0.2, 0.25) is 5.91 Å². The molecule has 1 aliphatic heterocycles. The number of piperazine rings is 1. The topological polar surface area (TPSA) is 113 Å². The zero-order valence-corrected chi connectivity index (χ0v) is 19.7. The van der Waals surface area contributed by atoms with Gasteiger partial charge in [-0.05, 0) is 43.7 Å². The summed E-state index contributed by atoms with van der Waals surface area (Å²) in [5.74, 6) is 0.804. The van der Waals surface area contributed by atoms with Crippen LogP contribution < -0.4 is 16.0 Å². The van der Waals surface area contributed by atoms with Crippen LogP contribution >= 0.6 is 0 Å². The quantitative estimate of drug-likeness (QED) is 0.439. The predicted molar refractivity (Wildman–Crippen MR) is 134 cm³/mol. The number of nitrogens with one attached hydrogen (secondary N) is 1. The summed E-state index contributed by atoms with van der Waals surface area (Å²) in [6, 6.07) is 8.94. The molecule has 35 heavy (non-hydrogen) atoms. The maximum atomic E-state index is 14.4. The van der Waals surface area contributed by atoms with E-state index in [1.807, 2.05) is 30.0 Å². The average molecular weight is 475 g/mol. The van der Waals surface area contributed by atoms with Crippen LogP contribution in [0.3, 0.4) is 0 Å². The highest BCUT2D eigenvalue weighted by Crippen LogP contribution is 2.32. The Morgan fingerprint density at radius 2 is 1.94 bits per heavy atom. The largest absolute Gasteiger partial charge is 0.369 e. The van der Waals surface area contributed by atoms with Crippen LogP contribution in [-0.2, 0) is 4.79 Å². The second-order valence-corrected chi connectivity index (χ2v) is 8.88. The maximum absolute atomic E-state index is 14.4. The maximum Gasteiger partial charge on any atom is 0.231 e. The highest BCUT2D eigenvalue weighted by Gasteiger charge is 2.24. The molecule has 0 bridgehead atoms. The van der Waals surface area contributed by atoms with Crippen molar-refractivity contribution >= 4 is 39.5 Å². The van der Waals surface area contributed by atoms with Crippen molar-refractivity contribution < 1.29 is 9.18 Å². The number of nitrogens with zero attached hydrogens (tertiary/aromatic N) is 6. The number of anilines is 2. The van der Waals surface area contributed by atoms with Crippen molar-refractivity contribution in [2.45, 2.75) is 19.9 Å². The van der Waals surface area contributed by atoms with Crippen molar-refractivity contribution in [1.82, 2.24) is 24.8 Å². The number of rotatable bonds is 6. The Kier molecular flexibility index (Phi) is 6.12. The molecule has 5 rings (SSSR count). The van der Waals surface area contributed by atoms with Gasteiger partial charge < -0.3 is 16.0 Å². The van der Waals surface area contributed by atoms with Gasteiger partial charge in [-0.2, -0.15) is 0 Å². The summed E-state index contributed by atoms with van der Waals surface area (Å²) in [7, 11) is 0. The van der Waals surface area contributed by atoms with Gasteiger partial charge in [-0.3, -0.25) is 14.7 Å². The van der Waals surface area contributed by atoms with Gasteiger partial charge in [-0.1, -0.05) is 0 Å². The van der Waals surface area contributed by atoms with Crippen molar-refractivity contribution in [2.24, 2.45) is 5.73 Å². The van der Waals surface area contributed by atoms with E-state index in [9.17, 15) is 9.18 Å². The lowest BCUT2D eigenvalue weighted by Gasteiger charge is -2.36. The summed E-state index contributed by atoms with van der Waals surface area (Å²) in [5, 5.41) is 4.35. The minimum atomic E-state index is -0.336. The van der Waals surface area contributed by atoms with Gasteiger partial charge in [0, 0.05) is 49.4 Å². The number of halogens is 1. The number of amides is 1. The first-order valence-electron chi connectivity index (χ1n) is 11.6. The number of hydrogen-bond acceptors (Lipinski definition) is 8. The molecule has 1 aromatic carbocycles. The summed E-state index contributed by atoms with van der Waals surface area (Å²) < 4.78 is 14.4. The Labute approximate surface area is 202 Å². The Morgan fingerprint density at radius 3 is 2.71 bits per heavy atom. The van der Waals surface area contributed by atoms with Crippen LogP contribution in [0.15, 0.2) is 42.9 Å². The summed E-state index contributed by atoms with van der Waals surface area (Å²) in [6.07, 6.45) is 3.23. The molecule has 9 nitrogen and oxygen atoms in total. The lowest BCUT2D eigenvalue weighted by molar-refractivity contribution is -0.119. The van der Waals surface area contributed by atoms with Crippen molar-refractivity contribution in [3.8, 4) is 0 Å². The monoisotopic (exact) mass is 474 g/mol. The van der Waals surface area contributed by atoms with Crippen LogP contribution in [0.1, 0.15) is 24.1 Å². The molecule has 1 saturated heterocycles. The molecule has 0 spiro atoms. The van der Waals surface area contributed by atoms with E-state index < -0.39 is 0 Å². The third-order valence-corrected chi connectivity index (χ3v) is 6.37. The molecule has 4 aromatic rings. The average Bonchev–Trinajstić information content (AvgIpc) is 2.84. The normalized spacial score (nSPS) is 15.5. The number of nitrogens with two attached hydrogens (primary N) is 1. The fourth-order valence-corrected chi connectivity index (χ4v) is 4.51. The van der Waals surface area contributed by atoms with Crippen molar-refractivity contribution in [3.63, 3.8) is 0 Å². The second-order valence-electron chi connectivity index (χ2n) is 8.88. The number of benzene rings is 1. The number of aromatic nitrogens is 4. The third-order valence-electron chi connectivity index (χ3n) is 6.37. The fraction of sp³-hybridized carbons (Fsp3) is 0.320. The fourth-order valence-electron chi connectivity index (χ4n) is 4.51. The summed E-state index contributed by atoms with van der Waals surface area (Å²) in [4.78, 5) is 33.6. The van der Waals surface area contributed by atoms with Crippen LogP contribution in [0.4, 0.5) is 16.0 Å². The Morgan fingerprint density at radius 1 is 1.14 bits per heavy atom. The van der Waals surface area contributed by atoms with Crippen LogP contribution in [0.2, 0.25) is 0 Å². The van der Waals surface area contributed by atoms with Crippen LogP contribution in [0.5, 0.6) is 0 Å². The highest BCUT2D eigenvalue weighted by atomic mass is 19.1. The van der Waals surface area contributed by atoms with E-state index in [1.165, 1.54) is 12.4 Å². The molecule has 0 aliphatic carbocycles. The number of aryl methyl sites for hydroxylation is 1. The van der Waals surface area contributed by atoms with Gasteiger partial charge in [0.1, 0.15) is 23.5 Å². The first-order valence-corrected chi connectivity index (χ1v) is 11.6. The molecule has 0 radical (unpaired) electrons. The SMILES string of the molecule is Cc1cc2cc([C@H](C)Nc3ncnc4cccnc34)c(N3CCN(CC(N)=O)CC3)nc2cc1F. The minimum absolute atomic E-state index is 0.170. The Bertz CT molecular complexity index is 1400. The van der Waals surface area contributed by atoms with Gasteiger partial charge in [-0.25, -0.2) is 19.3 Å². The molecule has 180 valence electrons. The molecule has 0 saturated carbocycles. The van der Waals surface area contributed by atoms with E-state index in [1.54, 1.807) is 13.1 Å². The van der Waals surface area contributed by atoms with Gasteiger partial charge >= 0.3 is 0 Å². The molecule has 4 heterocycles.